The van der Waals surface area contributed by atoms with E-state index in [1.165, 1.54) is 0 Å². The molecule has 0 saturated carbocycles. The van der Waals surface area contributed by atoms with Gasteiger partial charge in [0.1, 0.15) is 0 Å². The summed E-state index contributed by atoms with van der Waals surface area (Å²) in [6.07, 6.45) is 1.68. The van der Waals surface area contributed by atoms with Crippen molar-refractivity contribution in [1.82, 2.24) is 10.2 Å². The number of aryl methyl sites for hydroxylation is 1. The minimum atomic E-state index is 0. The zero-order chi connectivity index (χ0) is 14.6. The molecule has 0 unspecified atom stereocenters. The van der Waals surface area contributed by atoms with Crippen LogP contribution in [0.3, 0.4) is 0 Å². The number of hydrogen-bond acceptors (Lipinski definition) is 1. The van der Waals surface area contributed by atoms with Crippen LogP contribution in [-0.4, -0.2) is 45.9 Å². The van der Waals surface area contributed by atoms with Crippen LogP contribution < -0.4 is 5.10 Å². The van der Waals surface area contributed by atoms with E-state index < -0.39 is 0 Å². The van der Waals surface area contributed by atoms with Crippen LogP contribution in [0.25, 0.3) is 16.0 Å². The predicted molar refractivity (Wildman–Crippen MR) is 81.8 cm³/mol. The maximum atomic E-state index is 3.74. The van der Waals surface area contributed by atoms with Gasteiger partial charge in [0.05, 0.1) is 0 Å². The smallest absolute Gasteiger partial charge is 0.665 e. The molecule has 1 aromatic rings. The molecule has 1 rings (SSSR count). The first-order chi connectivity index (χ1) is 8.64. The Morgan fingerprint density at radius 1 is 0.947 bits per heavy atom. The van der Waals surface area contributed by atoms with Crippen LogP contribution in [0, 0.1) is 6.92 Å². The molecular formula is C13H29N5Ti. The van der Waals surface area contributed by atoms with E-state index in [-0.39, 0.29) is 21.7 Å². The van der Waals surface area contributed by atoms with Crippen molar-refractivity contribution in [3.8, 4) is 0 Å². The standard InChI is InChI=1S/C4H5N2.3C3H8N.Ti/c1-4-2-3-5-6-4;3*1-3-4-2;/h2-3H,1H3;3*3H2,1-2H3;/q4*-1;+4. The first-order valence-corrected chi connectivity index (χ1v) is 6.22. The Labute approximate surface area is 134 Å². The van der Waals surface area contributed by atoms with Crippen LogP contribution in [0.15, 0.2) is 12.3 Å². The second kappa shape index (κ2) is 30.7. The Kier molecular flexibility index (Phi) is 43.9. The number of hydrogen-bond donors (Lipinski definition) is 0. The van der Waals surface area contributed by atoms with Crippen LogP contribution in [-0.2, 0) is 21.7 Å². The van der Waals surface area contributed by atoms with Crippen molar-refractivity contribution in [3.05, 3.63) is 33.9 Å². The zero-order valence-corrected chi connectivity index (χ0v) is 15.1. The second-order valence-electron chi connectivity index (χ2n) is 3.07. The van der Waals surface area contributed by atoms with E-state index in [1.807, 2.05) is 33.8 Å². The molecule has 0 radical (unpaired) electrons. The Hall–Kier alpha value is -0.196. The van der Waals surface area contributed by atoms with Gasteiger partial charge < -0.3 is 26.1 Å². The molecule has 0 bridgehead atoms. The Bertz CT molecular complexity index is 177. The molecule has 1 heterocycles. The van der Waals surface area contributed by atoms with Crippen molar-refractivity contribution in [3.63, 3.8) is 0 Å². The van der Waals surface area contributed by atoms with Gasteiger partial charge in [0.25, 0.3) is 0 Å². The minimum absolute atomic E-state index is 0. The fourth-order valence-electron chi connectivity index (χ4n) is 0.299. The number of nitrogens with zero attached hydrogens (tertiary/aromatic N) is 5. The average molecular weight is 303 g/mol. The summed E-state index contributed by atoms with van der Waals surface area (Å²) < 4.78 is 0. The largest absolute Gasteiger partial charge is 4.00 e. The predicted octanol–water partition coefficient (Wildman–Crippen LogP) is 3.37. The monoisotopic (exact) mass is 303 g/mol. The Balaban J connectivity index is -0.0000000796. The second-order valence-corrected chi connectivity index (χ2v) is 3.07. The van der Waals surface area contributed by atoms with Gasteiger partial charge in [-0.3, -0.25) is 0 Å². The molecule has 6 heteroatoms. The fourth-order valence-corrected chi connectivity index (χ4v) is 0.299. The number of rotatable bonds is 3. The van der Waals surface area contributed by atoms with Crippen molar-refractivity contribution >= 4 is 0 Å². The molecule has 1 aromatic heterocycles. The molecule has 0 saturated heterocycles. The van der Waals surface area contributed by atoms with E-state index in [4.69, 9.17) is 0 Å². The van der Waals surface area contributed by atoms with E-state index in [9.17, 15) is 0 Å². The summed E-state index contributed by atoms with van der Waals surface area (Å²) in [7, 11) is 5.42. The summed E-state index contributed by atoms with van der Waals surface area (Å²) in [5, 5.41) is 18.4. The third-order valence-electron chi connectivity index (χ3n) is 1.55. The van der Waals surface area contributed by atoms with Gasteiger partial charge in [0.15, 0.2) is 0 Å². The molecule has 0 aliphatic heterocycles. The van der Waals surface area contributed by atoms with Crippen LogP contribution in [0.2, 0.25) is 0 Å². The first-order valence-electron chi connectivity index (χ1n) is 6.22. The van der Waals surface area contributed by atoms with Crippen molar-refractivity contribution in [2.75, 3.05) is 40.8 Å². The van der Waals surface area contributed by atoms with E-state index in [1.54, 1.807) is 27.3 Å². The molecule has 0 atom stereocenters. The van der Waals surface area contributed by atoms with Gasteiger partial charge >= 0.3 is 21.7 Å². The van der Waals surface area contributed by atoms with Crippen molar-refractivity contribution in [1.29, 1.82) is 0 Å². The summed E-state index contributed by atoms with van der Waals surface area (Å²) in [4.78, 5) is 0. The number of aromatic nitrogens is 2. The molecule has 0 N–H and O–H groups in total. The van der Waals surface area contributed by atoms with Gasteiger partial charge in [-0.2, -0.15) is 47.0 Å². The van der Waals surface area contributed by atoms with Crippen LogP contribution in [0.4, 0.5) is 0 Å². The quantitative estimate of drug-likeness (QED) is 0.803. The molecule has 0 aromatic carbocycles. The molecule has 110 valence electrons. The van der Waals surface area contributed by atoms with E-state index >= 15 is 0 Å². The van der Waals surface area contributed by atoms with Crippen LogP contribution in [0.1, 0.15) is 26.5 Å². The first kappa shape index (κ1) is 27.2. The van der Waals surface area contributed by atoms with Gasteiger partial charge in [0.2, 0.25) is 0 Å². The molecule has 19 heavy (non-hydrogen) atoms. The SMILES string of the molecule is CC[N-]C.CC[N-]C.CC[N-]C.Cc1cc[n-]n1.[Ti+4]. The van der Waals surface area contributed by atoms with E-state index in [0.29, 0.717) is 0 Å². The van der Waals surface area contributed by atoms with Crippen LogP contribution in [0.5, 0.6) is 0 Å². The van der Waals surface area contributed by atoms with Gasteiger partial charge in [-0.15, -0.1) is 0 Å². The summed E-state index contributed by atoms with van der Waals surface area (Å²) in [6, 6.07) is 1.86. The zero-order valence-electron chi connectivity index (χ0n) is 13.5. The molecule has 0 aliphatic carbocycles. The summed E-state index contributed by atoms with van der Waals surface area (Å²) in [5.41, 5.74) is 0.981. The average Bonchev–Trinajstić information content (AvgIpc) is 2.90. The fraction of sp³-hybridized carbons (Fsp3) is 0.769. The third-order valence-corrected chi connectivity index (χ3v) is 1.55. The van der Waals surface area contributed by atoms with E-state index in [0.717, 1.165) is 25.3 Å². The molecule has 5 nitrogen and oxygen atoms in total. The maximum absolute atomic E-state index is 3.74. The van der Waals surface area contributed by atoms with Gasteiger partial charge in [-0.1, -0.05) is 26.8 Å². The minimum Gasteiger partial charge on any atom is -0.665 e. The van der Waals surface area contributed by atoms with Gasteiger partial charge in [-0.05, 0) is 6.92 Å². The van der Waals surface area contributed by atoms with Crippen molar-refractivity contribution < 1.29 is 21.7 Å². The molecule has 0 aliphatic rings. The molecule has 0 amide bonds. The van der Waals surface area contributed by atoms with Crippen molar-refractivity contribution in [2.45, 2.75) is 27.7 Å². The third kappa shape index (κ3) is 46.3. The molecule has 0 fully saturated rings. The van der Waals surface area contributed by atoms with Gasteiger partial charge in [0, 0.05) is 5.69 Å². The van der Waals surface area contributed by atoms with E-state index in [2.05, 4.69) is 26.1 Å². The summed E-state index contributed by atoms with van der Waals surface area (Å²) in [5.74, 6) is 0. The summed E-state index contributed by atoms with van der Waals surface area (Å²) in [6.45, 7) is 10.8. The topological polar surface area (TPSA) is 69.3 Å². The summed E-state index contributed by atoms with van der Waals surface area (Å²) >= 11 is 0. The Morgan fingerprint density at radius 2 is 1.26 bits per heavy atom. The maximum Gasteiger partial charge on any atom is 4.00 e. The molecule has 0 spiro atoms. The Morgan fingerprint density at radius 3 is 1.32 bits per heavy atom. The normalized spacial score (nSPS) is 7.53. The molecular weight excluding hydrogens is 274 g/mol. The van der Waals surface area contributed by atoms with Gasteiger partial charge in [-0.25, -0.2) is 0 Å². The van der Waals surface area contributed by atoms with Crippen molar-refractivity contribution in [2.24, 2.45) is 0 Å². The van der Waals surface area contributed by atoms with Crippen LogP contribution >= 0.6 is 0 Å².